The third-order valence-electron chi connectivity index (χ3n) is 5.06. The van der Waals surface area contributed by atoms with Crippen LogP contribution in [0.25, 0.3) is 16.9 Å². The summed E-state index contributed by atoms with van der Waals surface area (Å²) in [6.07, 6.45) is 6.81. The van der Waals surface area contributed by atoms with Crippen LogP contribution in [0.2, 0.25) is 0 Å². The Balaban J connectivity index is 1.63. The lowest BCUT2D eigenvalue weighted by Gasteiger charge is -2.09. The molecule has 1 N–H and O–H groups in total. The Morgan fingerprint density at radius 2 is 2.15 bits per heavy atom. The van der Waals surface area contributed by atoms with Crippen molar-refractivity contribution in [1.82, 2.24) is 24.7 Å². The van der Waals surface area contributed by atoms with Crippen LogP contribution in [0.4, 0.5) is 5.82 Å². The maximum atomic E-state index is 11.4. The Bertz CT molecular complexity index is 1020. The van der Waals surface area contributed by atoms with Crippen LogP contribution in [-0.2, 0) is 9.53 Å². The van der Waals surface area contributed by atoms with Crippen LogP contribution in [0.15, 0.2) is 24.5 Å². The summed E-state index contributed by atoms with van der Waals surface area (Å²) < 4.78 is 7.27. The second kappa shape index (κ2) is 6.38. The zero-order valence-electron chi connectivity index (χ0n) is 15.1. The van der Waals surface area contributed by atoms with Crippen LogP contribution in [-0.4, -0.2) is 43.9 Å². The monoisotopic (exact) mass is 364 g/mol. The molecule has 8 nitrogen and oxygen atoms in total. The summed E-state index contributed by atoms with van der Waals surface area (Å²) in [5, 5.41) is 8.55. The highest BCUT2D eigenvalue weighted by molar-refractivity contribution is 5.91. The molecule has 1 unspecified atom stereocenters. The van der Waals surface area contributed by atoms with E-state index < -0.39 is 0 Å². The summed E-state index contributed by atoms with van der Waals surface area (Å²) in [5.74, 6) is 1.64. The SMILES string of the molecule is CC(=O)Nc1cc2c(cn1)c(C1CC1)nn2-c1nccc(C2CCOC2)n1. The van der Waals surface area contributed by atoms with Gasteiger partial charge in [0.25, 0.3) is 5.95 Å². The van der Waals surface area contributed by atoms with Gasteiger partial charge in [-0.3, -0.25) is 4.79 Å². The molecule has 0 radical (unpaired) electrons. The van der Waals surface area contributed by atoms with E-state index in [0.29, 0.717) is 30.2 Å². The summed E-state index contributed by atoms with van der Waals surface area (Å²) in [4.78, 5) is 25.0. The molecule has 1 aliphatic carbocycles. The van der Waals surface area contributed by atoms with E-state index in [1.54, 1.807) is 17.1 Å². The highest BCUT2D eigenvalue weighted by atomic mass is 16.5. The molecule has 8 heteroatoms. The van der Waals surface area contributed by atoms with Gasteiger partial charge in [-0.25, -0.2) is 15.0 Å². The van der Waals surface area contributed by atoms with Crippen LogP contribution in [0.1, 0.15) is 49.4 Å². The van der Waals surface area contributed by atoms with Crippen molar-refractivity contribution in [3.63, 3.8) is 0 Å². The first kappa shape index (κ1) is 16.3. The maximum Gasteiger partial charge on any atom is 0.251 e. The van der Waals surface area contributed by atoms with Gasteiger partial charge in [0, 0.05) is 49.2 Å². The van der Waals surface area contributed by atoms with Gasteiger partial charge in [0.1, 0.15) is 5.82 Å². The maximum absolute atomic E-state index is 11.4. The number of carbonyl (C=O) groups is 1. The minimum absolute atomic E-state index is 0.158. The van der Waals surface area contributed by atoms with E-state index in [4.69, 9.17) is 14.8 Å². The van der Waals surface area contributed by atoms with Crippen molar-refractivity contribution in [3.05, 3.63) is 35.9 Å². The van der Waals surface area contributed by atoms with Crippen LogP contribution in [0, 0.1) is 0 Å². The largest absolute Gasteiger partial charge is 0.381 e. The van der Waals surface area contributed by atoms with Gasteiger partial charge in [-0.2, -0.15) is 9.78 Å². The molecule has 3 aromatic heterocycles. The summed E-state index contributed by atoms with van der Waals surface area (Å²) in [5.41, 5.74) is 2.87. The minimum atomic E-state index is -0.158. The van der Waals surface area contributed by atoms with Gasteiger partial charge in [0.05, 0.1) is 23.5 Å². The number of hydrogen-bond donors (Lipinski definition) is 1. The molecule has 2 fully saturated rings. The molecule has 3 aromatic rings. The highest BCUT2D eigenvalue weighted by Gasteiger charge is 2.30. The third kappa shape index (κ3) is 3.06. The first-order valence-electron chi connectivity index (χ1n) is 9.26. The molecular formula is C19H20N6O2. The highest BCUT2D eigenvalue weighted by Crippen LogP contribution is 2.42. The fourth-order valence-electron chi connectivity index (χ4n) is 3.55. The molecular weight excluding hydrogens is 344 g/mol. The number of carbonyl (C=O) groups excluding carboxylic acids is 1. The quantitative estimate of drug-likeness (QED) is 0.764. The van der Waals surface area contributed by atoms with E-state index >= 15 is 0 Å². The molecule has 1 saturated heterocycles. The normalized spacial score (nSPS) is 19.5. The van der Waals surface area contributed by atoms with Crippen molar-refractivity contribution in [3.8, 4) is 5.95 Å². The van der Waals surface area contributed by atoms with Gasteiger partial charge in [-0.05, 0) is 25.3 Å². The molecule has 0 bridgehead atoms. The number of fused-ring (bicyclic) bond motifs is 1. The Labute approximate surface area is 156 Å². The standard InChI is InChI=1S/C19H20N6O2/c1-11(26)22-17-8-16-14(9-21-17)18(12-2-3-12)24-25(16)19-20-6-4-15(23-19)13-5-7-27-10-13/h4,6,8-9,12-13H,2-3,5,7,10H2,1H3,(H,21,22,26). The van der Waals surface area contributed by atoms with Crippen LogP contribution in [0.5, 0.6) is 0 Å². The molecule has 4 heterocycles. The van der Waals surface area contributed by atoms with Crippen LogP contribution < -0.4 is 5.32 Å². The summed E-state index contributed by atoms with van der Waals surface area (Å²) in [6.45, 7) is 2.93. The number of aromatic nitrogens is 5. The fourth-order valence-corrected chi connectivity index (χ4v) is 3.55. The topological polar surface area (TPSA) is 94.8 Å². The van der Waals surface area contributed by atoms with Gasteiger partial charge in [0.15, 0.2) is 0 Å². The van der Waals surface area contributed by atoms with Crippen molar-refractivity contribution < 1.29 is 9.53 Å². The lowest BCUT2D eigenvalue weighted by Crippen LogP contribution is -2.09. The molecule has 5 rings (SSSR count). The summed E-state index contributed by atoms with van der Waals surface area (Å²) >= 11 is 0. The minimum Gasteiger partial charge on any atom is -0.381 e. The first-order valence-corrected chi connectivity index (χ1v) is 9.26. The number of amides is 1. The van der Waals surface area contributed by atoms with E-state index in [-0.39, 0.29) is 5.91 Å². The number of pyridine rings is 1. The molecule has 138 valence electrons. The molecule has 0 spiro atoms. The van der Waals surface area contributed by atoms with Gasteiger partial charge < -0.3 is 10.1 Å². The van der Waals surface area contributed by atoms with Crippen LogP contribution >= 0.6 is 0 Å². The second-order valence-electron chi connectivity index (χ2n) is 7.18. The van der Waals surface area contributed by atoms with E-state index in [1.165, 1.54) is 6.92 Å². The average molecular weight is 364 g/mol. The molecule has 1 aliphatic heterocycles. The predicted octanol–water partition coefficient (Wildman–Crippen LogP) is 2.55. The molecule has 27 heavy (non-hydrogen) atoms. The Kier molecular flexibility index (Phi) is 3.86. The van der Waals surface area contributed by atoms with Crippen LogP contribution in [0.3, 0.4) is 0 Å². The molecule has 1 amide bonds. The summed E-state index contributed by atoms with van der Waals surface area (Å²) in [7, 11) is 0. The van der Waals surface area contributed by atoms with Gasteiger partial charge in [-0.15, -0.1) is 0 Å². The Morgan fingerprint density at radius 1 is 1.26 bits per heavy atom. The van der Waals surface area contributed by atoms with Crippen molar-refractivity contribution in [2.75, 3.05) is 18.5 Å². The molecule has 1 atom stereocenters. The number of nitrogens with one attached hydrogen (secondary N) is 1. The number of anilines is 1. The predicted molar refractivity (Wildman–Crippen MR) is 98.9 cm³/mol. The zero-order chi connectivity index (χ0) is 18.4. The molecule has 2 aliphatic rings. The number of hydrogen-bond acceptors (Lipinski definition) is 6. The second-order valence-corrected chi connectivity index (χ2v) is 7.18. The molecule has 0 aromatic carbocycles. The zero-order valence-corrected chi connectivity index (χ0v) is 15.1. The van der Waals surface area contributed by atoms with Gasteiger partial charge >= 0.3 is 0 Å². The average Bonchev–Trinajstić information content (AvgIpc) is 3.22. The Hall–Kier alpha value is -2.87. The third-order valence-corrected chi connectivity index (χ3v) is 5.06. The van der Waals surface area contributed by atoms with E-state index in [1.807, 2.05) is 12.1 Å². The Morgan fingerprint density at radius 3 is 2.89 bits per heavy atom. The lowest BCUT2D eigenvalue weighted by molar-refractivity contribution is -0.114. The van der Waals surface area contributed by atoms with Gasteiger partial charge in [-0.1, -0.05) is 0 Å². The number of ether oxygens (including phenoxy) is 1. The van der Waals surface area contributed by atoms with Crippen molar-refractivity contribution in [2.45, 2.75) is 38.0 Å². The summed E-state index contributed by atoms with van der Waals surface area (Å²) in [6, 6.07) is 3.78. The van der Waals surface area contributed by atoms with E-state index in [0.717, 1.165) is 48.2 Å². The van der Waals surface area contributed by atoms with E-state index in [9.17, 15) is 4.79 Å². The number of nitrogens with zero attached hydrogens (tertiary/aromatic N) is 5. The number of rotatable bonds is 4. The lowest BCUT2D eigenvalue weighted by atomic mass is 10.1. The fraction of sp³-hybridized carbons (Fsp3) is 0.421. The van der Waals surface area contributed by atoms with Gasteiger partial charge in [0.2, 0.25) is 5.91 Å². The molecule has 1 saturated carbocycles. The van der Waals surface area contributed by atoms with Crippen molar-refractivity contribution in [1.29, 1.82) is 0 Å². The first-order chi connectivity index (χ1) is 13.2. The van der Waals surface area contributed by atoms with Crippen molar-refractivity contribution in [2.24, 2.45) is 0 Å². The van der Waals surface area contributed by atoms with E-state index in [2.05, 4.69) is 15.3 Å². The van der Waals surface area contributed by atoms with Crippen molar-refractivity contribution >= 4 is 22.6 Å². The smallest absolute Gasteiger partial charge is 0.251 e.